The second-order valence-electron chi connectivity index (χ2n) is 8.77. The molecular weight excluding hydrogens is 464 g/mol. The summed E-state index contributed by atoms with van der Waals surface area (Å²) in [6.07, 6.45) is -4.21. The summed E-state index contributed by atoms with van der Waals surface area (Å²) in [5.41, 5.74) is 2.28. The van der Waals surface area contributed by atoms with Crippen LogP contribution in [-0.4, -0.2) is 41.9 Å². The lowest BCUT2D eigenvalue weighted by Gasteiger charge is -2.33. The van der Waals surface area contributed by atoms with E-state index in [9.17, 15) is 22.4 Å². The first-order valence-electron chi connectivity index (χ1n) is 11.0. The summed E-state index contributed by atoms with van der Waals surface area (Å²) in [7, 11) is 3.09. The number of hydrogen-bond acceptors (Lipinski definition) is 4. The number of benzene rings is 1. The molecule has 1 unspecified atom stereocenters. The molecule has 0 aliphatic carbocycles. The fourth-order valence-corrected chi connectivity index (χ4v) is 4.74. The molecule has 7 nitrogen and oxygen atoms in total. The van der Waals surface area contributed by atoms with Crippen molar-refractivity contribution in [3.63, 3.8) is 0 Å². The number of aromatic nitrogens is 5. The van der Waals surface area contributed by atoms with Gasteiger partial charge in [-0.15, -0.1) is 0 Å². The van der Waals surface area contributed by atoms with Crippen LogP contribution in [0.3, 0.4) is 0 Å². The van der Waals surface area contributed by atoms with Crippen LogP contribution in [0.25, 0.3) is 22.3 Å². The number of carbonyl (C=O) groups is 1. The number of nitrogens with zero attached hydrogens (tertiary/aromatic N) is 6. The van der Waals surface area contributed by atoms with Crippen molar-refractivity contribution in [3.8, 4) is 11.4 Å². The minimum absolute atomic E-state index is 0.0592. The summed E-state index contributed by atoms with van der Waals surface area (Å²) in [5.74, 6) is -1.13. The molecule has 182 valence electrons. The van der Waals surface area contributed by atoms with Gasteiger partial charge in [0.15, 0.2) is 5.69 Å². The molecule has 0 fully saturated rings. The number of halogens is 4. The lowest BCUT2D eigenvalue weighted by molar-refractivity contribution is -0.141. The van der Waals surface area contributed by atoms with Gasteiger partial charge in [0.1, 0.15) is 5.82 Å². The van der Waals surface area contributed by atoms with Crippen LogP contribution in [0.1, 0.15) is 46.0 Å². The van der Waals surface area contributed by atoms with Crippen molar-refractivity contribution in [1.82, 2.24) is 29.4 Å². The minimum Gasteiger partial charge on any atom is -0.330 e. The topological polar surface area (TPSA) is 68.8 Å². The van der Waals surface area contributed by atoms with E-state index in [0.717, 1.165) is 17.3 Å². The molecule has 4 heterocycles. The molecule has 0 saturated heterocycles. The monoisotopic (exact) mass is 486 g/mol. The Labute approximate surface area is 198 Å². The van der Waals surface area contributed by atoms with Crippen molar-refractivity contribution < 1.29 is 22.4 Å². The van der Waals surface area contributed by atoms with Gasteiger partial charge in [0, 0.05) is 43.4 Å². The maximum atomic E-state index is 14.9. The highest BCUT2D eigenvalue weighted by atomic mass is 19.4. The molecule has 4 aromatic rings. The van der Waals surface area contributed by atoms with Crippen LogP contribution in [0, 0.1) is 12.7 Å². The zero-order chi connectivity index (χ0) is 25.2. The molecule has 0 saturated carbocycles. The van der Waals surface area contributed by atoms with Crippen LogP contribution >= 0.6 is 0 Å². The minimum atomic E-state index is -4.57. The Morgan fingerprint density at radius 3 is 2.51 bits per heavy atom. The smallest absolute Gasteiger partial charge is 0.330 e. The van der Waals surface area contributed by atoms with E-state index in [1.807, 2.05) is 0 Å². The van der Waals surface area contributed by atoms with Gasteiger partial charge in [0.25, 0.3) is 5.91 Å². The third-order valence-electron chi connectivity index (χ3n) is 6.46. The molecule has 1 aromatic carbocycles. The Hall–Kier alpha value is -3.76. The maximum absolute atomic E-state index is 14.9. The van der Waals surface area contributed by atoms with E-state index < -0.39 is 29.6 Å². The third-order valence-corrected chi connectivity index (χ3v) is 6.46. The molecule has 0 bridgehead atoms. The van der Waals surface area contributed by atoms with E-state index in [0.29, 0.717) is 28.7 Å². The lowest BCUT2D eigenvalue weighted by Crippen LogP contribution is -2.39. The first-order valence-corrected chi connectivity index (χ1v) is 11.0. The van der Waals surface area contributed by atoms with Gasteiger partial charge in [-0.25, -0.2) is 4.39 Å². The lowest BCUT2D eigenvalue weighted by atomic mass is 9.96. The number of rotatable bonds is 2. The van der Waals surface area contributed by atoms with Crippen molar-refractivity contribution in [2.24, 2.45) is 14.1 Å². The van der Waals surface area contributed by atoms with Crippen LogP contribution in [-0.2, 0) is 26.7 Å². The molecule has 1 amide bonds. The highest BCUT2D eigenvalue weighted by Gasteiger charge is 2.38. The quantitative estimate of drug-likeness (QED) is 0.389. The first-order chi connectivity index (χ1) is 16.5. The maximum Gasteiger partial charge on any atom is 0.435 e. The number of fused-ring (bicyclic) bond motifs is 2. The molecule has 1 aliphatic heterocycles. The molecule has 1 aliphatic rings. The number of amides is 1. The molecule has 11 heteroatoms. The fourth-order valence-electron chi connectivity index (χ4n) is 4.74. The molecule has 1 atom stereocenters. The van der Waals surface area contributed by atoms with Crippen molar-refractivity contribution in [1.29, 1.82) is 0 Å². The average Bonchev–Trinajstić information content (AvgIpc) is 3.32. The van der Waals surface area contributed by atoms with Gasteiger partial charge in [0.05, 0.1) is 34.2 Å². The molecule has 0 radical (unpaired) electrons. The zero-order valence-electron chi connectivity index (χ0n) is 19.5. The fraction of sp³-hybridized carbons (Fsp3) is 0.333. The molecule has 0 spiro atoms. The molecule has 35 heavy (non-hydrogen) atoms. The average molecular weight is 486 g/mol. The third kappa shape index (κ3) is 3.75. The van der Waals surface area contributed by atoms with E-state index >= 15 is 0 Å². The van der Waals surface area contributed by atoms with Gasteiger partial charge in [0.2, 0.25) is 0 Å². The van der Waals surface area contributed by atoms with Gasteiger partial charge in [-0.3, -0.25) is 19.1 Å². The molecule has 3 aromatic heterocycles. The first kappa shape index (κ1) is 23.0. The number of alkyl halides is 3. The normalized spacial score (nSPS) is 16.1. The Morgan fingerprint density at radius 2 is 1.83 bits per heavy atom. The Bertz CT molecular complexity index is 1490. The largest absolute Gasteiger partial charge is 0.435 e. The molecule has 5 rings (SSSR count). The highest BCUT2D eigenvalue weighted by Crippen LogP contribution is 2.38. The van der Waals surface area contributed by atoms with Crippen LogP contribution in [0.2, 0.25) is 0 Å². The van der Waals surface area contributed by atoms with E-state index in [4.69, 9.17) is 0 Å². The van der Waals surface area contributed by atoms with Crippen LogP contribution in [0.4, 0.5) is 17.6 Å². The summed E-state index contributed by atoms with van der Waals surface area (Å²) in [6, 6.07) is 6.84. The second kappa shape index (κ2) is 7.89. The van der Waals surface area contributed by atoms with E-state index in [2.05, 4.69) is 15.2 Å². The summed E-state index contributed by atoms with van der Waals surface area (Å²) < 4.78 is 57.2. The summed E-state index contributed by atoms with van der Waals surface area (Å²) in [4.78, 5) is 19.2. The van der Waals surface area contributed by atoms with Gasteiger partial charge >= 0.3 is 6.18 Å². The van der Waals surface area contributed by atoms with Crippen LogP contribution in [0.15, 0.2) is 30.3 Å². The van der Waals surface area contributed by atoms with Crippen molar-refractivity contribution in [2.75, 3.05) is 6.54 Å². The summed E-state index contributed by atoms with van der Waals surface area (Å²) in [5, 5.41) is 8.79. The predicted octanol–water partition coefficient (Wildman–Crippen LogP) is 4.59. The van der Waals surface area contributed by atoms with Gasteiger partial charge in [-0.05, 0) is 38.5 Å². The summed E-state index contributed by atoms with van der Waals surface area (Å²) in [6.45, 7) is 3.85. The van der Waals surface area contributed by atoms with Gasteiger partial charge in [-0.2, -0.15) is 23.4 Å². The standard InChI is InChI=1S/C24H22F4N6O/c1-12-5-6-14-9-16(17(25)10-18(14)29-12)23(35)34-8-7-15-21(13(34)2)31-33(4)22(15)19-11-20(24(26,27)28)30-32(19)3/h5-6,9-11,13H,7-8H2,1-4H3. The van der Waals surface area contributed by atoms with Gasteiger partial charge in [-0.1, -0.05) is 6.07 Å². The van der Waals surface area contributed by atoms with Crippen molar-refractivity contribution in [3.05, 3.63) is 64.4 Å². The van der Waals surface area contributed by atoms with Crippen molar-refractivity contribution in [2.45, 2.75) is 32.5 Å². The van der Waals surface area contributed by atoms with Gasteiger partial charge < -0.3 is 4.90 Å². The Kier molecular flexibility index (Phi) is 5.19. The SMILES string of the molecule is Cc1ccc2cc(C(=O)N3CCc4c(nn(C)c4-c4cc(C(F)(F)F)nn4C)C3C)c(F)cc2n1. The van der Waals surface area contributed by atoms with E-state index in [1.54, 1.807) is 33.0 Å². The summed E-state index contributed by atoms with van der Waals surface area (Å²) >= 11 is 0. The van der Waals surface area contributed by atoms with Crippen LogP contribution < -0.4 is 0 Å². The Balaban J connectivity index is 1.51. The number of pyridine rings is 1. The van der Waals surface area contributed by atoms with E-state index in [1.165, 1.54) is 33.4 Å². The van der Waals surface area contributed by atoms with Crippen LogP contribution in [0.5, 0.6) is 0 Å². The van der Waals surface area contributed by atoms with Crippen molar-refractivity contribution >= 4 is 16.8 Å². The van der Waals surface area contributed by atoms with E-state index in [-0.39, 0.29) is 17.8 Å². The number of aryl methyl sites for hydroxylation is 3. The molecular formula is C24H22F4N6O. The zero-order valence-corrected chi connectivity index (χ0v) is 19.5. The highest BCUT2D eigenvalue weighted by molar-refractivity contribution is 5.98. The Morgan fingerprint density at radius 1 is 1.09 bits per heavy atom. The second-order valence-corrected chi connectivity index (χ2v) is 8.77. The predicted molar refractivity (Wildman–Crippen MR) is 120 cm³/mol. The number of carbonyl (C=O) groups excluding carboxylic acids is 1. The number of hydrogen-bond donors (Lipinski definition) is 0. The molecule has 0 N–H and O–H groups in total.